The average Bonchev–Trinajstić information content (AvgIpc) is 2.58. The summed E-state index contributed by atoms with van der Waals surface area (Å²) in [6, 6.07) is 12.2. The number of nitrogens with zero attached hydrogens (tertiary/aromatic N) is 5. The van der Waals surface area contributed by atoms with Gasteiger partial charge in [-0.25, -0.2) is 4.98 Å². The zero-order valence-electron chi connectivity index (χ0n) is 13.2. The Balaban J connectivity index is 1.62. The van der Waals surface area contributed by atoms with E-state index in [-0.39, 0.29) is 0 Å². The summed E-state index contributed by atoms with van der Waals surface area (Å²) in [5.74, 6) is 1.04. The molecule has 0 bridgehead atoms. The second kappa shape index (κ2) is 7.83. The molecule has 3 rings (SSSR count). The number of benzene rings is 1. The van der Waals surface area contributed by atoms with Gasteiger partial charge in [-0.05, 0) is 71.6 Å². The number of aromatic nitrogens is 1. The van der Waals surface area contributed by atoms with E-state index < -0.39 is 0 Å². The van der Waals surface area contributed by atoms with E-state index in [0.717, 1.165) is 43.2 Å². The molecule has 0 N–H and O–H groups in total. The minimum Gasteiger partial charge on any atom is -0.354 e. The summed E-state index contributed by atoms with van der Waals surface area (Å²) < 4.78 is 1.20. The summed E-state index contributed by atoms with van der Waals surface area (Å²) in [7, 11) is 2.16. The summed E-state index contributed by atoms with van der Waals surface area (Å²) in [6.07, 6.45) is 1.86. The molecule has 2 aromatic rings. The lowest BCUT2D eigenvalue weighted by Gasteiger charge is -2.33. The van der Waals surface area contributed by atoms with Crippen LogP contribution in [0.1, 0.15) is 5.56 Å². The largest absolute Gasteiger partial charge is 0.354 e. The van der Waals surface area contributed by atoms with E-state index in [9.17, 15) is 0 Å². The monoisotopic (exact) mass is 421 g/mol. The molecule has 23 heavy (non-hydrogen) atoms. The highest BCUT2D eigenvalue weighted by Crippen LogP contribution is 2.17. The van der Waals surface area contributed by atoms with Crippen LogP contribution in [0.4, 0.5) is 11.5 Å². The van der Waals surface area contributed by atoms with Gasteiger partial charge in [0.2, 0.25) is 0 Å². The molecule has 2 heterocycles. The molecule has 0 radical (unpaired) electrons. The van der Waals surface area contributed by atoms with Gasteiger partial charge in [0.05, 0.1) is 12.2 Å². The number of piperazine rings is 1. The molecule has 0 spiro atoms. The van der Waals surface area contributed by atoms with Crippen molar-refractivity contribution in [2.24, 2.45) is 10.2 Å². The van der Waals surface area contributed by atoms with Gasteiger partial charge in [0.25, 0.3) is 0 Å². The van der Waals surface area contributed by atoms with Crippen molar-refractivity contribution in [2.45, 2.75) is 6.54 Å². The molecule has 120 valence electrons. The van der Waals surface area contributed by atoms with Crippen molar-refractivity contribution in [3.8, 4) is 0 Å². The van der Waals surface area contributed by atoms with E-state index >= 15 is 0 Å². The van der Waals surface area contributed by atoms with Gasteiger partial charge in [-0.1, -0.05) is 0 Å². The van der Waals surface area contributed by atoms with Gasteiger partial charge in [0.15, 0.2) is 0 Å². The topological polar surface area (TPSA) is 44.1 Å². The Morgan fingerprint density at radius 1 is 1.09 bits per heavy atom. The number of azo groups is 1. The Morgan fingerprint density at radius 2 is 1.83 bits per heavy atom. The minimum absolute atomic E-state index is 0.579. The Hall–Kier alpha value is -1.54. The maximum atomic E-state index is 4.50. The van der Waals surface area contributed by atoms with Crippen LogP contribution in [0.5, 0.6) is 0 Å². The van der Waals surface area contributed by atoms with Gasteiger partial charge in [-0.2, -0.15) is 10.2 Å². The Bertz CT molecular complexity index is 663. The van der Waals surface area contributed by atoms with Crippen LogP contribution in [0.2, 0.25) is 0 Å². The first kappa shape index (κ1) is 16.3. The van der Waals surface area contributed by atoms with E-state index in [1.807, 2.05) is 36.5 Å². The lowest BCUT2D eigenvalue weighted by Crippen LogP contribution is -2.44. The van der Waals surface area contributed by atoms with Crippen LogP contribution in [0.3, 0.4) is 0 Å². The van der Waals surface area contributed by atoms with Gasteiger partial charge in [0.1, 0.15) is 5.82 Å². The third kappa shape index (κ3) is 4.71. The molecular formula is C17H20IN5. The van der Waals surface area contributed by atoms with Gasteiger partial charge >= 0.3 is 0 Å². The first-order valence-corrected chi connectivity index (χ1v) is 8.80. The summed E-state index contributed by atoms with van der Waals surface area (Å²) >= 11 is 2.28. The summed E-state index contributed by atoms with van der Waals surface area (Å²) in [4.78, 5) is 9.17. The SMILES string of the molecule is CN1CCN(c2cc(CN=Nc3ccc(I)cc3)ccn2)CC1. The zero-order chi connectivity index (χ0) is 16.1. The Labute approximate surface area is 150 Å². The maximum absolute atomic E-state index is 4.50. The average molecular weight is 421 g/mol. The van der Waals surface area contributed by atoms with Crippen molar-refractivity contribution >= 4 is 34.1 Å². The summed E-state index contributed by atoms with van der Waals surface area (Å²) in [5.41, 5.74) is 2.03. The van der Waals surface area contributed by atoms with Crippen molar-refractivity contribution in [1.29, 1.82) is 0 Å². The number of hydrogen-bond donors (Lipinski definition) is 0. The second-order valence-corrected chi connectivity index (χ2v) is 6.93. The summed E-state index contributed by atoms with van der Waals surface area (Å²) in [5, 5.41) is 8.58. The molecule has 0 atom stereocenters. The molecule has 0 aliphatic carbocycles. The highest BCUT2D eigenvalue weighted by atomic mass is 127. The lowest BCUT2D eigenvalue weighted by molar-refractivity contribution is 0.312. The first-order chi connectivity index (χ1) is 11.2. The normalized spacial score (nSPS) is 16.2. The lowest BCUT2D eigenvalue weighted by atomic mass is 10.2. The zero-order valence-corrected chi connectivity index (χ0v) is 15.3. The van der Waals surface area contributed by atoms with E-state index in [4.69, 9.17) is 0 Å². The minimum atomic E-state index is 0.579. The van der Waals surface area contributed by atoms with E-state index in [1.54, 1.807) is 0 Å². The predicted molar refractivity (Wildman–Crippen MR) is 101 cm³/mol. The van der Waals surface area contributed by atoms with Crippen molar-refractivity contribution < 1.29 is 0 Å². The highest BCUT2D eigenvalue weighted by Gasteiger charge is 2.15. The van der Waals surface area contributed by atoms with Crippen LogP contribution in [0, 0.1) is 3.57 Å². The number of halogens is 1. The number of rotatable bonds is 4. The van der Waals surface area contributed by atoms with Gasteiger partial charge < -0.3 is 9.80 Å². The molecule has 0 amide bonds. The molecule has 0 saturated carbocycles. The Morgan fingerprint density at radius 3 is 2.57 bits per heavy atom. The van der Waals surface area contributed by atoms with E-state index in [0.29, 0.717) is 6.54 Å². The number of anilines is 1. The van der Waals surface area contributed by atoms with Crippen LogP contribution in [-0.4, -0.2) is 43.1 Å². The third-order valence-corrected chi connectivity index (χ3v) is 4.62. The third-order valence-electron chi connectivity index (χ3n) is 3.90. The molecule has 1 aromatic carbocycles. The fourth-order valence-electron chi connectivity index (χ4n) is 2.47. The van der Waals surface area contributed by atoms with Gasteiger partial charge in [-0.3, -0.25) is 0 Å². The fraction of sp³-hybridized carbons (Fsp3) is 0.353. The predicted octanol–water partition coefficient (Wildman–Crippen LogP) is 3.72. The second-order valence-electron chi connectivity index (χ2n) is 5.69. The smallest absolute Gasteiger partial charge is 0.128 e. The van der Waals surface area contributed by atoms with Crippen molar-refractivity contribution in [3.05, 3.63) is 51.7 Å². The molecule has 5 nitrogen and oxygen atoms in total. The molecular weight excluding hydrogens is 401 g/mol. The first-order valence-electron chi connectivity index (χ1n) is 7.72. The van der Waals surface area contributed by atoms with Gasteiger partial charge in [0, 0.05) is 35.9 Å². The highest BCUT2D eigenvalue weighted by molar-refractivity contribution is 14.1. The van der Waals surface area contributed by atoms with E-state index in [1.165, 1.54) is 3.57 Å². The quantitative estimate of drug-likeness (QED) is 0.559. The van der Waals surface area contributed by atoms with Crippen LogP contribution in [0.15, 0.2) is 52.8 Å². The molecule has 0 unspecified atom stereocenters. The number of hydrogen-bond acceptors (Lipinski definition) is 5. The van der Waals surface area contributed by atoms with Crippen LogP contribution < -0.4 is 4.90 Å². The fourth-order valence-corrected chi connectivity index (χ4v) is 2.83. The number of pyridine rings is 1. The molecule has 1 fully saturated rings. The number of likely N-dealkylation sites (N-methyl/N-ethyl adjacent to an activating group) is 1. The molecule has 1 saturated heterocycles. The maximum Gasteiger partial charge on any atom is 0.128 e. The van der Waals surface area contributed by atoms with E-state index in [2.05, 4.69) is 60.7 Å². The standard InChI is InChI=1S/C17H20IN5/c1-22-8-10-23(11-9-22)17-12-14(6-7-19-17)13-20-21-16-4-2-15(18)3-5-16/h2-7,12H,8-11,13H2,1H3. The van der Waals surface area contributed by atoms with Crippen molar-refractivity contribution in [3.63, 3.8) is 0 Å². The van der Waals surface area contributed by atoms with Crippen LogP contribution in [-0.2, 0) is 6.54 Å². The molecule has 1 aliphatic rings. The molecule has 1 aliphatic heterocycles. The van der Waals surface area contributed by atoms with Crippen LogP contribution in [0.25, 0.3) is 0 Å². The summed E-state index contributed by atoms with van der Waals surface area (Å²) in [6.45, 7) is 4.79. The van der Waals surface area contributed by atoms with Gasteiger partial charge in [-0.15, -0.1) is 0 Å². The molecule has 1 aromatic heterocycles. The van der Waals surface area contributed by atoms with Crippen molar-refractivity contribution in [1.82, 2.24) is 9.88 Å². The molecule has 6 heteroatoms. The van der Waals surface area contributed by atoms with Crippen molar-refractivity contribution in [2.75, 3.05) is 38.1 Å². The Kier molecular flexibility index (Phi) is 5.56. The van der Waals surface area contributed by atoms with Crippen LogP contribution >= 0.6 is 22.6 Å².